The molecule has 2 heterocycles. The molecule has 1 fully saturated rings. The minimum Gasteiger partial charge on any atom is -0.368 e. The van der Waals surface area contributed by atoms with Crippen molar-refractivity contribution in [1.29, 1.82) is 0 Å². The molecule has 0 saturated carbocycles. The summed E-state index contributed by atoms with van der Waals surface area (Å²) >= 11 is 1.62. The molecular weight excluding hydrogens is 222 g/mol. The Morgan fingerprint density at radius 3 is 3.12 bits per heavy atom. The van der Waals surface area contributed by atoms with Gasteiger partial charge in [-0.15, -0.1) is 11.3 Å². The van der Waals surface area contributed by atoms with Gasteiger partial charge in [-0.2, -0.15) is 0 Å². The SMILES string of the molecule is C[C@]1(C(N)=O)CCCCN1Cc1cncs1. The Balaban J connectivity index is 2.14. The van der Waals surface area contributed by atoms with E-state index in [-0.39, 0.29) is 5.91 Å². The van der Waals surface area contributed by atoms with Gasteiger partial charge in [0.15, 0.2) is 0 Å². The standard InChI is InChI=1S/C11H17N3OS/c1-11(10(12)15)4-2-3-5-14(11)7-9-6-13-8-16-9/h6,8H,2-5,7H2,1H3,(H2,12,15)/t11-/m1/s1. The first-order chi connectivity index (χ1) is 7.63. The lowest BCUT2D eigenvalue weighted by atomic mass is 9.87. The smallest absolute Gasteiger partial charge is 0.237 e. The highest BCUT2D eigenvalue weighted by molar-refractivity contribution is 7.09. The first-order valence-electron chi connectivity index (χ1n) is 5.55. The molecule has 1 atom stereocenters. The van der Waals surface area contributed by atoms with Crippen LogP contribution in [0.5, 0.6) is 0 Å². The zero-order valence-corrected chi connectivity index (χ0v) is 10.3. The van der Waals surface area contributed by atoms with Gasteiger partial charge < -0.3 is 5.73 Å². The van der Waals surface area contributed by atoms with Crippen molar-refractivity contribution in [2.24, 2.45) is 5.73 Å². The van der Waals surface area contributed by atoms with Crippen molar-refractivity contribution in [2.75, 3.05) is 6.54 Å². The number of rotatable bonds is 3. The topological polar surface area (TPSA) is 59.2 Å². The second-order valence-electron chi connectivity index (χ2n) is 4.48. The van der Waals surface area contributed by atoms with E-state index in [4.69, 9.17) is 5.73 Å². The Kier molecular flexibility index (Phi) is 3.25. The van der Waals surface area contributed by atoms with Gasteiger partial charge in [-0.05, 0) is 32.7 Å². The van der Waals surface area contributed by atoms with Crippen molar-refractivity contribution in [3.8, 4) is 0 Å². The third-order valence-corrected chi connectivity index (χ3v) is 4.16. The van der Waals surface area contributed by atoms with Crippen LogP contribution in [-0.4, -0.2) is 27.9 Å². The predicted molar refractivity (Wildman–Crippen MR) is 64.0 cm³/mol. The van der Waals surface area contributed by atoms with Crippen LogP contribution in [0.1, 0.15) is 31.1 Å². The van der Waals surface area contributed by atoms with Crippen LogP contribution < -0.4 is 5.73 Å². The summed E-state index contributed by atoms with van der Waals surface area (Å²) in [5.41, 5.74) is 6.86. The summed E-state index contributed by atoms with van der Waals surface area (Å²) in [5.74, 6) is -0.211. The summed E-state index contributed by atoms with van der Waals surface area (Å²) < 4.78 is 0. The summed E-state index contributed by atoms with van der Waals surface area (Å²) in [5, 5.41) is 0. The monoisotopic (exact) mass is 239 g/mol. The molecule has 1 amide bonds. The average molecular weight is 239 g/mol. The number of primary amides is 1. The summed E-state index contributed by atoms with van der Waals surface area (Å²) in [7, 11) is 0. The van der Waals surface area contributed by atoms with Gasteiger partial charge in [0, 0.05) is 17.6 Å². The lowest BCUT2D eigenvalue weighted by Gasteiger charge is -2.42. The zero-order valence-electron chi connectivity index (χ0n) is 9.48. The van der Waals surface area contributed by atoms with Crippen LogP contribution in [-0.2, 0) is 11.3 Å². The van der Waals surface area contributed by atoms with E-state index in [1.54, 1.807) is 11.3 Å². The first kappa shape index (κ1) is 11.5. The highest BCUT2D eigenvalue weighted by Crippen LogP contribution is 2.29. The van der Waals surface area contributed by atoms with Crippen LogP contribution in [0.25, 0.3) is 0 Å². The van der Waals surface area contributed by atoms with E-state index in [1.807, 2.05) is 18.6 Å². The minimum atomic E-state index is -0.484. The molecular formula is C11H17N3OS. The molecule has 0 bridgehead atoms. The number of likely N-dealkylation sites (tertiary alicyclic amines) is 1. The highest BCUT2D eigenvalue weighted by atomic mass is 32.1. The lowest BCUT2D eigenvalue weighted by Crippen LogP contribution is -2.57. The Morgan fingerprint density at radius 1 is 1.69 bits per heavy atom. The molecule has 88 valence electrons. The molecule has 4 nitrogen and oxygen atoms in total. The van der Waals surface area contributed by atoms with E-state index in [0.717, 1.165) is 32.4 Å². The minimum absolute atomic E-state index is 0.211. The quantitative estimate of drug-likeness (QED) is 0.866. The maximum absolute atomic E-state index is 11.6. The van der Waals surface area contributed by atoms with E-state index >= 15 is 0 Å². The maximum Gasteiger partial charge on any atom is 0.237 e. The number of nitrogens with two attached hydrogens (primary N) is 1. The Bertz CT molecular complexity index is 365. The molecule has 0 spiro atoms. The van der Waals surface area contributed by atoms with Crippen LogP contribution in [0.15, 0.2) is 11.7 Å². The number of amides is 1. The number of hydrogen-bond acceptors (Lipinski definition) is 4. The van der Waals surface area contributed by atoms with Gasteiger partial charge in [-0.1, -0.05) is 0 Å². The molecule has 5 heteroatoms. The predicted octanol–water partition coefficient (Wildman–Crippen LogP) is 1.37. The maximum atomic E-state index is 11.6. The van der Waals surface area contributed by atoms with Crippen molar-refractivity contribution in [2.45, 2.75) is 38.3 Å². The normalized spacial score (nSPS) is 26.8. The van der Waals surface area contributed by atoms with Gasteiger partial charge in [0.25, 0.3) is 0 Å². The molecule has 0 aliphatic carbocycles. The molecule has 0 aromatic carbocycles. The van der Waals surface area contributed by atoms with Crippen LogP contribution >= 0.6 is 11.3 Å². The Hall–Kier alpha value is -0.940. The van der Waals surface area contributed by atoms with E-state index < -0.39 is 5.54 Å². The van der Waals surface area contributed by atoms with Gasteiger partial charge in [-0.25, -0.2) is 0 Å². The number of aromatic nitrogens is 1. The third-order valence-electron chi connectivity index (χ3n) is 3.40. The first-order valence-corrected chi connectivity index (χ1v) is 6.43. The third kappa shape index (κ3) is 2.10. The fourth-order valence-corrected chi connectivity index (χ4v) is 2.83. The van der Waals surface area contributed by atoms with Crippen molar-refractivity contribution in [3.05, 3.63) is 16.6 Å². The second kappa shape index (κ2) is 4.51. The number of piperidine rings is 1. The van der Waals surface area contributed by atoms with Crippen molar-refractivity contribution < 1.29 is 4.79 Å². The molecule has 1 aliphatic heterocycles. The fourth-order valence-electron chi connectivity index (χ4n) is 2.22. The lowest BCUT2D eigenvalue weighted by molar-refractivity contribution is -0.131. The van der Waals surface area contributed by atoms with E-state index in [9.17, 15) is 4.79 Å². The number of carbonyl (C=O) groups is 1. The van der Waals surface area contributed by atoms with E-state index in [1.165, 1.54) is 4.88 Å². The largest absolute Gasteiger partial charge is 0.368 e. The van der Waals surface area contributed by atoms with Crippen LogP contribution in [0.2, 0.25) is 0 Å². The molecule has 0 unspecified atom stereocenters. The molecule has 16 heavy (non-hydrogen) atoms. The van der Waals surface area contributed by atoms with E-state index in [0.29, 0.717) is 0 Å². The molecule has 1 aromatic rings. The summed E-state index contributed by atoms with van der Waals surface area (Å²) in [6.07, 6.45) is 4.95. The van der Waals surface area contributed by atoms with Gasteiger partial charge >= 0.3 is 0 Å². The van der Waals surface area contributed by atoms with Crippen LogP contribution in [0.3, 0.4) is 0 Å². The Morgan fingerprint density at radius 2 is 2.50 bits per heavy atom. The van der Waals surface area contributed by atoms with Crippen molar-refractivity contribution in [3.63, 3.8) is 0 Å². The summed E-state index contributed by atoms with van der Waals surface area (Å²) in [4.78, 5) is 19.0. The number of hydrogen-bond donors (Lipinski definition) is 1. The molecule has 2 rings (SSSR count). The van der Waals surface area contributed by atoms with Gasteiger partial charge in [0.2, 0.25) is 5.91 Å². The highest BCUT2D eigenvalue weighted by Gasteiger charge is 2.39. The van der Waals surface area contributed by atoms with Gasteiger partial charge in [0.05, 0.1) is 11.0 Å². The van der Waals surface area contributed by atoms with Gasteiger partial charge in [-0.3, -0.25) is 14.7 Å². The molecule has 2 N–H and O–H groups in total. The second-order valence-corrected chi connectivity index (χ2v) is 5.46. The van der Waals surface area contributed by atoms with Crippen molar-refractivity contribution in [1.82, 2.24) is 9.88 Å². The number of thiazole rings is 1. The fraction of sp³-hybridized carbons (Fsp3) is 0.636. The molecule has 0 radical (unpaired) electrons. The zero-order chi connectivity index (χ0) is 11.6. The van der Waals surface area contributed by atoms with Crippen LogP contribution in [0.4, 0.5) is 0 Å². The molecule has 1 aromatic heterocycles. The van der Waals surface area contributed by atoms with Gasteiger partial charge in [0.1, 0.15) is 0 Å². The van der Waals surface area contributed by atoms with Crippen molar-refractivity contribution >= 4 is 17.2 Å². The molecule has 1 aliphatic rings. The van der Waals surface area contributed by atoms with Crippen LogP contribution in [0, 0.1) is 0 Å². The Labute approximate surface area is 99.5 Å². The summed E-state index contributed by atoms with van der Waals surface area (Å²) in [6, 6.07) is 0. The average Bonchev–Trinajstić information content (AvgIpc) is 2.74. The van der Waals surface area contributed by atoms with E-state index in [2.05, 4.69) is 9.88 Å². The number of nitrogens with zero attached hydrogens (tertiary/aromatic N) is 2. The summed E-state index contributed by atoms with van der Waals surface area (Å²) in [6.45, 7) is 3.68. The number of carbonyl (C=O) groups excluding carboxylic acids is 1. The molecule has 1 saturated heterocycles.